The zero-order valence-electron chi connectivity index (χ0n) is 12.9. The topological polar surface area (TPSA) is 204 Å². The molecule has 6 N–H and O–H groups in total. The molecule has 148 valence electrons. The molecule has 2 unspecified atom stereocenters. The molecule has 26 heavy (non-hydrogen) atoms. The molecule has 0 aliphatic carbocycles. The third-order valence-electron chi connectivity index (χ3n) is 3.47. The summed E-state index contributed by atoms with van der Waals surface area (Å²) in [5.74, 6) is -0.454. The Morgan fingerprint density at radius 1 is 1.46 bits per heavy atom. The molecule has 2 heterocycles. The number of ether oxygens (including phenoxy) is 1. The lowest BCUT2D eigenvalue weighted by molar-refractivity contribution is -0.112. The van der Waals surface area contributed by atoms with Crippen LogP contribution in [0.3, 0.4) is 0 Å². The molecule has 1 aliphatic rings. The lowest BCUT2D eigenvalue weighted by atomic mass is 10.0. The highest BCUT2D eigenvalue weighted by molar-refractivity contribution is 7.60. The number of aliphatic hydroxyl groups excluding tert-OH is 1. The number of phosphoric acid groups is 2. The SMILES string of the molecule is Nc1ccn(C2C[C@H](O)[C@@](CCl)(COP(=O)(O)OP(=O)(O)O)O2)c(=O)n1. The zero-order chi connectivity index (χ0) is 19.8. The van der Waals surface area contributed by atoms with E-state index >= 15 is 0 Å². The van der Waals surface area contributed by atoms with E-state index in [1.54, 1.807) is 0 Å². The van der Waals surface area contributed by atoms with E-state index < -0.39 is 51.8 Å². The minimum Gasteiger partial charge on any atom is -0.390 e. The zero-order valence-corrected chi connectivity index (χ0v) is 15.5. The molecule has 0 aromatic carbocycles. The van der Waals surface area contributed by atoms with E-state index in [1.807, 2.05) is 0 Å². The maximum absolute atomic E-state index is 11.9. The van der Waals surface area contributed by atoms with E-state index in [0.29, 0.717) is 0 Å². The molecule has 0 amide bonds. The van der Waals surface area contributed by atoms with E-state index in [4.69, 9.17) is 31.9 Å². The number of phosphoric ester groups is 1. The molecule has 4 atom stereocenters. The van der Waals surface area contributed by atoms with Crippen LogP contribution in [0.4, 0.5) is 5.82 Å². The van der Waals surface area contributed by atoms with Gasteiger partial charge in [-0.15, -0.1) is 11.6 Å². The molecule has 1 fully saturated rings. The molecule has 0 spiro atoms. The summed E-state index contributed by atoms with van der Waals surface area (Å²) in [6.07, 6.45) is -1.24. The van der Waals surface area contributed by atoms with Gasteiger partial charge in [-0.2, -0.15) is 9.29 Å². The molecule has 0 bridgehead atoms. The summed E-state index contributed by atoms with van der Waals surface area (Å²) in [7, 11) is -10.5. The first-order chi connectivity index (χ1) is 11.9. The van der Waals surface area contributed by atoms with Gasteiger partial charge in [-0.1, -0.05) is 0 Å². The summed E-state index contributed by atoms with van der Waals surface area (Å²) in [6, 6.07) is 1.32. The molecule has 16 heteroatoms. The maximum atomic E-state index is 11.9. The van der Waals surface area contributed by atoms with Gasteiger partial charge in [0.05, 0.1) is 18.6 Å². The molecule has 2 rings (SSSR count). The van der Waals surface area contributed by atoms with Gasteiger partial charge in [0, 0.05) is 12.6 Å². The molecular weight excluding hydrogens is 420 g/mol. The number of halogens is 1. The Morgan fingerprint density at radius 3 is 2.65 bits per heavy atom. The monoisotopic (exact) mass is 435 g/mol. The third kappa shape index (κ3) is 5.11. The van der Waals surface area contributed by atoms with Crippen molar-refractivity contribution < 1.29 is 42.5 Å². The summed E-state index contributed by atoms with van der Waals surface area (Å²) in [5.41, 5.74) is 2.88. The number of hydrogen-bond acceptors (Lipinski definition) is 9. The van der Waals surface area contributed by atoms with Crippen molar-refractivity contribution in [2.24, 2.45) is 0 Å². The van der Waals surface area contributed by atoms with Gasteiger partial charge in [-0.05, 0) is 6.07 Å². The number of nitrogen functional groups attached to an aromatic ring is 1. The fraction of sp³-hybridized carbons (Fsp3) is 0.600. The van der Waals surface area contributed by atoms with Crippen molar-refractivity contribution in [1.82, 2.24) is 9.55 Å². The number of nitrogens with two attached hydrogens (primary N) is 1. The highest BCUT2D eigenvalue weighted by Crippen LogP contribution is 2.58. The molecule has 0 saturated carbocycles. The van der Waals surface area contributed by atoms with Gasteiger partial charge in [0.25, 0.3) is 0 Å². The summed E-state index contributed by atoms with van der Waals surface area (Å²) in [5, 5.41) is 10.2. The van der Waals surface area contributed by atoms with Crippen molar-refractivity contribution in [2.45, 2.75) is 24.4 Å². The number of nitrogens with zero attached hydrogens (tertiary/aromatic N) is 2. The summed E-state index contributed by atoms with van der Waals surface area (Å²) >= 11 is 5.79. The minimum atomic E-state index is -5.31. The van der Waals surface area contributed by atoms with Crippen LogP contribution in [-0.4, -0.2) is 53.5 Å². The second-order valence-corrected chi connectivity index (χ2v) is 8.48. The van der Waals surface area contributed by atoms with E-state index in [0.717, 1.165) is 4.57 Å². The van der Waals surface area contributed by atoms with Gasteiger partial charge in [0.2, 0.25) is 0 Å². The van der Waals surface area contributed by atoms with E-state index in [2.05, 4.69) is 13.8 Å². The largest absolute Gasteiger partial charge is 0.481 e. The average Bonchev–Trinajstić information content (AvgIpc) is 2.80. The molecule has 1 saturated heterocycles. The molecular formula is C10H16ClN3O10P2. The predicted molar refractivity (Wildman–Crippen MR) is 86.0 cm³/mol. The van der Waals surface area contributed by atoms with Crippen LogP contribution in [0.2, 0.25) is 0 Å². The van der Waals surface area contributed by atoms with Gasteiger partial charge < -0.3 is 30.3 Å². The first kappa shape index (κ1) is 21.5. The van der Waals surface area contributed by atoms with Crippen LogP contribution in [0.5, 0.6) is 0 Å². The molecule has 0 radical (unpaired) electrons. The number of aliphatic hydroxyl groups is 1. The van der Waals surface area contributed by atoms with Crippen molar-refractivity contribution in [3.8, 4) is 0 Å². The fourth-order valence-corrected chi connectivity index (χ4v) is 4.22. The van der Waals surface area contributed by atoms with Gasteiger partial charge >= 0.3 is 21.3 Å². The van der Waals surface area contributed by atoms with E-state index in [1.165, 1.54) is 12.3 Å². The Balaban J connectivity index is 2.17. The third-order valence-corrected chi connectivity index (χ3v) is 6.06. The van der Waals surface area contributed by atoms with Crippen molar-refractivity contribution in [3.05, 3.63) is 22.7 Å². The standard InChI is InChI=1S/C10H16ClN3O10P2/c11-4-10(5-22-26(20,21)24-25(17,18)19)6(15)3-8(23-10)14-2-1-7(12)13-9(14)16/h1-2,6,8,15H,3-5H2,(H,20,21)(H2,12,13,16)(H2,17,18,19)/t6-,8?,10+/m0/s1. The highest BCUT2D eigenvalue weighted by Gasteiger charge is 2.50. The summed E-state index contributed by atoms with van der Waals surface area (Å²) in [4.78, 5) is 41.9. The maximum Gasteiger partial charge on any atom is 0.481 e. The van der Waals surface area contributed by atoms with Crippen LogP contribution >= 0.6 is 27.2 Å². The molecule has 1 aromatic rings. The normalized spacial score (nSPS) is 28.8. The van der Waals surface area contributed by atoms with E-state index in [9.17, 15) is 23.9 Å². The van der Waals surface area contributed by atoms with Crippen LogP contribution in [0.1, 0.15) is 12.6 Å². The van der Waals surface area contributed by atoms with Crippen molar-refractivity contribution >= 4 is 33.1 Å². The highest BCUT2D eigenvalue weighted by atomic mass is 35.5. The Labute approximate surface area is 151 Å². The number of hydrogen-bond donors (Lipinski definition) is 5. The molecule has 1 aliphatic heterocycles. The van der Waals surface area contributed by atoms with Gasteiger partial charge in [-0.3, -0.25) is 9.09 Å². The lowest BCUT2D eigenvalue weighted by Gasteiger charge is -2.30. The Kier molecular flexibility index (Phi) is 6.31. The van der Waals surface area contributed by atoms with Gasteiger partial charge in [0.1, 0.15) is 17.6 Å². The number of alkyl halides is 1. The fourth-order valence-electron chi connectivity index (χ4n) is 2.26. The van der Waals surface area contributed by atoms with Crippen LogP contribution in [-0.2, 0) is 22.7 Å². The average molecular weight is 436 g/mol. The quantitative estimate of drug-likeness (QED) is 0.266. The van der Waals surface area contributed by atoms with Gasteiger partial charge in [-0.25, -0.2) is 13.9 Å². The second-order valence-electron chi connectivity index (χ2n) is 5.38. The number of rotatable bonds is 7. The van der Waals surface area contributed by atoms with Crippen molar-refractivity contribution in [3.63, 3.8) is 0 Å². The first-order valence-electron chi connectivity index (χ1n) is 6.88. The Hall–Kier alpha value is -0.850. The van der Waals surface area contributed by atoms with Crippen LogP contribution in [0.25, 0.3) is 0 Å². The van der Waals surface area contributed by atoms with E-state index in [-0.39, 0.29) is 12.2 Å². The first-order valence-corrected chi connectivity index (χ1v) is 10.4. The molecule has 1 aromatic heterocycles. The van der Waals surface area contributed by atoms with Gasteiger partial charge in [0.15, 0.2) is 0 Å². The summed E-state index contributed by atoms with van der Waals surface area (Å²) in [6.45, 7) is -0.848. The number of anilines is 1. The van der Waals surface area contributed by atoms with Crippen molar-refractivity contribution in [2.75, 3.05) is 18.2 Å². The molecule has 13 nitrogen and oxygen atoms in total. The smallest absolute Gasteiger partial charge is 0.390 e. The minimum absolute atomic E-state index is 0.0208. The van der Waals surface area contributed by atoms with Crippen LogP contribution in [0, 0.1) is 0 Å². The number of aromatic nitrogens is 2. The Morgan fingerprint density at radius 2 is 2.12 bits per heavy atom. The predicted octanol–water partition coefficient (Wildman–Crippen LogP) is -0.691. The second kappa shape index (κ2) is 7.64. The summed E-state index contributed by atoms with van der Waals surface area (Å²) < 4.78 is 36.9. The van der Waals surface area contributed by atoms with Crippen molar-refractivity contribution in [1.29, 1.82) is 0 Å². The van der Waals surface area contributed by atoms with Crippen LogP contribution in [0.15, 0.2) is 17.1 Å². The van der Waals surface area contributed by atoms with Crippen LogP contribution < -0.4 is 11.4 Å². The Bertz CT molecular complexity index is 814. The lowest BCUT2D eigenvalue weighted by Crippen LogP contribution is -2.45.